The molecule has 0 unspecified atom stereocenters. The molecular weight excluding hydrogens is 390 g/mol. The molecule has 2 aromatic rings. The predicted octanol–water partition coefficient (Wildman–Crippen LogP) is 6.80. The molecule has 1 aliphatic heterocycles. The van der Waals surface area contributed by atoms with Gasteiger partial charge in [0.2, 0.25) is 0 Å². The van der Waals surface area contributed by atoms with Crippen molar-refractivity contribution in [2.75, 3.05) is 26.2 Å². The molecule has 6 rings (SSSR count). The van der Waals surface area contributed by atoms with Gasteiger partial charge in [0.05, 0.1) is 0 Å². The Bertz CT molecular complexity index is 930. The summed E-state index contributed by atoms with van der Waals surface area (Å²) in [7, 11) is 0. The molecule has 2 saturated carbocycles. The molecule has 0 amide bonds. The average molecular weight is 430 g/mol. The lowest BCUT2D eigenvalue weighted by Gasteiger charge is -2.53. The van der Waals surface area contributed by atoms with E-state index in [0.29, 0.717) is 17.3 Å². The van der Waals surface area contributed by atoms with Gasteiger partial charge in [0.15, 0.2) is 0 Å². The molecule has 3 aliphatic carbocycles. The second kappa shape index (κ2) is 8.52. The number of aryl methyl sites for hydroxylation is 1. The summed E-state index contributed by atoms with van der Waals surface area (Å²) >= 11 is 0. The Morgan fingerprint density at radius 3 is 2.62 bits per heavy atom. The maximum absolute atomic E-state index is 6.12. The number of ether oxygens (including phenoxy) is 1. The van der Waals surface area contributed by atoms with Gasteiger partial charge in [0.25, 0.3) is 0 Å². The Kier molecular flexibility index (Phi) is 5.53. The van der Waals surface area contributed by atoms with Crippen LogP contribution >= 0.6 is 0 Å². The number of hydrogen-bond donors (Lipinski definition) is 0. The minimum absolute atomic E-state index is 0.531. The Morgan fingerprint density at radius 2 is 1.78 bits per heavy atom. The Balaban J connectivity index is 1.24. The van der Waals surface area contributed by atoms with E-state index in [1.807, 2.05) is 0 Å². The van der Waals surface area contributed by atoms with Crippen molar-refractivity contribution in [3.63, 3.8) is 0 Å². The van der Waals surface area contributed by atoms with Crippen LogP contribution in [0, 0.1) is 17.3 Å². The maximum Gasteiger partial charge on any atom is 0.119 e. The van der Waals surface area contributed by atoms with Crippen molar-refractivity contribution in [1.29, 1.82) is 0 Å². The highest BCUT2D eigenvalue weighted by Crippen LogP contribution is 2.64. The third kappa shape index (κ3) is 3.69. The summed E-state index contributed by atoms with van der Waals surface area (Å²) in [6.45, 7) is 6.97. The third-order valence-electron chi connectivity index (χ3n) is 9.60. The van der Waals surface area contributed by atoms with Crippen molar-refractivity contribution in [1.82, 2.24) is 4.90 Å². The van der Waals surface area contributed by atoms with Crippen LogP contribution in [0.4, 0.5) is 0 Å². The number of nitrogens with zero attached hydrogens (tertiary/aromatic N) is 1. The van der Waals surface area contributed by atoms with Crippen LogP contribution in [0.15, 0.2) is 48.5 Å². The van der Waals surface area contributed by atoms with Gasteiger partial charge in [-0.15, -0.1) is 0 Å². The minimum Gasteiger partial charge on any atom is -0.492 e. The van der Waals surface area contributed by atoms with Gasteiger partial charge in [0.1, 0.15) is 12.4 Å². The molecule has 4 aliphatic rings. The minimum atomic E-state index is 0.531. The zero-order valence-corrected chi connectivity index (χ0v) is 19.8. The Labute approximate surface area is 194 Å². The van der Waals surface area contributed by atoms with Gasteiger partial charge in [-0.3, -0.25) is 4.90 Å². The van der Waals surface area contributed by atoms with Crippen LogP contribution in [0.3, 0.4) is 0 Å². The summed E-state index contributed by atoms with van der Waals surface area (Å²) in [4.78, 5) is 2.52. The highest BCUT2D eigenvalue weighted by atomic mass is 16.5. The molecule has 0 bridgehead atoms. The van der Waals surface area contributed by atoms with E-state index in [2.05, 4.69) is 60.4 Å². The first-order chi connectivity index (χ1) is 15.7. The SMILES string of the molecule is C[C@@]12CCC[C@H]1[C@@H]1CCc3ccccc3[C@H]1[C@@H](c1ccc(OCCN3CCCC3)cc1)C2. The van der Waals surface area contributed by atoms with Crippen LogP contribution in [0.1, 0.15) is 80.4 Å². The van der Waals surface area contributed by atoms with Crippen molar-refractivity contribution < 1.29 is 4.74 Å². The van der Waals surface area contributed by atoms with Crippen molar-refractivity contribution in [2.24, 2.45) is 17.3 Å². The first kappa shape index (κ1) is 20.8. The van der Waals surface area contributed by atoms with E-state index >= 15 is 0 Å². The molecule has 5 atom stereocenters. The highest BCUT2D eigenvalue weighted by Gasteiger charge is 2.54. The average Bonchev–Trinajstić information content (AvgIpc) is 3.48. The number of benzene rings is 2. The fourth-order valence-corrected chi connectivity index (χ4v) is 8.09. The molecule has 0 N–H and O–H groups in total. The van der Waals surface area contributed by atoms with Gasteiger partial charge in [-0.25, -0.2) is 0 Å². The van der Waals surface area contributed by atoms with Crippen LogP contribution in [-0.2, 0) is 6.42 Å². The van der Waals surface area contributed by atoms with Crippen LogP contribution in [0.5, 0.6) is 5.75 Å². The summed E-state index contributed by atoms with van der Waals surface area (Å²) in [5.74, 6) is 4.14. The van der Waals surface area contributed by atoms with Crippen LogP contribution in [0.2, 0.25) is 0 Å². The van der Waals surface area contributed by atoms with E-state index in [1.165, 1.54) is 70.0 Å². The smallest absolute Gasteiger partial charge is 0.119 e. The van der Waals surface area contributed by atoms with Gasteiger partial charge < -0.3 is 4.74 Å². The second-order valence-corrected chi connectivity index (χ2v) is 11.4. The van der Waals surface area contributed by atoms with Crippen molar-refractivity contribution in [3.05, 3.63) is 65.2 Å². The molecule has 2 heteroatoms. The highest BCUT2D eigenvalue weighted by molar-refractivity contribution is 5.40. The normalized spacial score (nSPS) is 34.0. The molecule has 170 valence electrons. The summed E-state index contributed by atoms with van der Waals surface area (Å²) in [6, 6.07) is 18.6. The van der Waals surface area contributed by atoms with E-state index in [9.17, 15) is 0 Å². The van der Waals surface area contributed by atoms with Gasteiger partial charge in [-0.05, 0) is 116 Å². The van der Waals surface area contributed by atoms with E-state index in [4.69, 9.17) is 4.74 Å². The van der Waals surface area contributed by atoms with Crippen LogP contribution < -0.4 is 4.74 Å². The van der Waals surface area contributed by atoms with E-state index < -0.39 is 0 Å². The second-order valence-electron chi connectivity index (χ2n) is 11.4. The van der Waals surface area contributed by atoms with E-state index in [-0.39, 0.29) is 0 Å². The molecule has 0 radical (unpaired) electrons. The lowest BCUT2D eigenvalue weighted by molar-refractivity contribution is 0.0432. The number of likely N-dealkylation sites (tertiary alicyclic amines) is 1. The Hall–Kier alpha value is -1.80. The number of rotatable bonds is 5. The maximum atomic E-state index is 6.12. The summed E-state index contributed by atoms with van der Waals surface area (Å²) < 4.78 is 6.12. The number of hydrogen-bond acceptors (Lipinski definition) is 2. The largest absolute Gasteiger partial charge is 0.492 e. The predicted molar refractivity (Wildman–Crippen MR) is 131 cm³/mol. The summed E-state index contributed by atoms with van der Waals surface area (Å²) in [5.41, 5.74) is 5.34. The molecular formula is C30H39NO. The molecule has 2 aromatic carbocycles. The van der Waals surface area contributed by atoms with Gasteiger partial charge in [-0.2, -0.15) is 0 Å². The summed E-state index contributed by atoms with van der Waals surface area (Å²) in [5, 5.41) is 0. The summed E-state index contributed by atoms with van der Waals surface area (Å²) in [6.07, 6.45) is 11.0. The fourth-order valence-electron chi connectivity index (χ4n) is 8.09. The Morgan fingerprint density at radius 1 is 0.969 bits per heavy atom. The van der Waals surface area contributed by atoms with Gasteiger partial charge in [0, 0.05) is 6.54 Å². The van der Waals surface area contributed by atoms with E-state index in [1.54, 1.807) is 11.1 Å². The van der Waals surface area contributed by atoms with Crippen molar-refractivity contribution >= 4 is 0 Å². The van der Waals surface area contributed by atoms with Crippen LogP contribution in [0.25, 0.3) is 0 Å². The van der Waals surface area contributed by atoms with Crippen LogP contribution in [-0.4, -0.2) is 31.1 Å². The molecule has 3 fully saturated rings. The molecule has 1 heterocycles. The van der Waals surface area contributed by atoms with E-state index in [0.717, 1.165) is 30.7 Å². The quantitative estimate of drug-likeness (QED) is 0.518. The molecule has 1 saturated heterocycles. The topological polar surface area (TPSA) is 12.5 Å². The third-order valence-corrected chi connectivity index (χ3v) is 9.60. The lowest BCUT2D eigenvalue weighted by atomic mass is 9.51. The zero-order valence-electron chi connectivity index (χ0n) is 19.8. The fraction of sp³-hybridized carbons (Fsp3) is 0.600. The molecule has 0 spiro atoms. The van der Waals surface area contributed by atoms with Crippen molar-refractivity contribution in [2.45, 2.75) is 70.1 Å². The first-order valence-electron chi connectivity index (χ1n) is 13.2. The monoisotopic (exact) mass is 429 g/mol. The lowest BCUT2D eigenvalue weighted by Crippen LogP contribution is -2.43. The molecule has 32 heavy (non-hydrogen) atoms. The first-order valence-corrected chi connectivity index (χ1v) is 13.2. The molecule has 2 nitrogen and oxygen atoms in total. The molecule has 0 aromatic heterocycles. The standard InChI is InChI=1S/C30H39NO/c1-30-16-6-9-28(30)26-15-12-22-7-2-3-8-25(22)29(26)27(21-30)23-10-13-24(14-11-23)32-20-19-31-17-4-5-18-31/h2-3,7-8,10-11,13-14,26-29H,4-6,9,12,15-21H2,1H3/t26-,27+,28-,29+,30-/m0/s1. The van der Waals surface area contributed by atoms with Gasteiger partial charge in [-0.1, -0.05) is 49.7 Å². The van der Waals surface area contributed by atoms with Gasteiger partial charge >= 0.3 is 0 Å². The number of fused-ring (bicyclic) bond motifs is 5. The van der Waals surface area contributed by atoms with Crippen molar-refractivity contribution in [3.8, 4) is 5.75 Å². The zero-order chi connectivity index (χ0) is 21.5.